The monoisotopic (exact) mass is 502 g/mol. The first-order valence-corrected chi connectivity index (χ1v) is 12.2. The number of aryl methyl sites for hydroxylation is 2. The summed E-state index contributed by atoms with van der Waals surface area (Å²) in [6, 6.07) is 10.9. The third kappa shape index (κ3) is 6.80. The molecule has 0 bridgehead atoms. The van der Waals surface area contributed by atoms with Crippen molar-refractivity contribution in [3.63, 3.8) is 0 Å². The lowest BCUT2D eigenvalue weighted by Crippen LogP contribution is -2.05. The molecular weight excluding hydrogens is 473 g/mol. The standard InChI is InChI=1S/C27H29F3N2O2S/c1-16(2)25-23(35-26(32-25)19-7-10-22(11-8-19)27(28,29)30)12-4-17(3)20-6-5-18(9-13-24(33)34)21(14-20)15-31/h5-8,10-11,14,16H,3-4,9,12-13,15,31H2,1-2H3,(H,33,34). The van der Waals surface area contributed by atoms with Gasteiger partial charge in [-0.15, -0.1) is 11.3 Å². The number of carboxylic acid groups (broad SMARTS) is 1. The number of carboxylic acids is 1. The fraction of sp³-hybridized carbons (Fsp3) is 0.333. The average molecular weight is 503 g/mol. The number of hydrogen-bond donors (Lipinski definition) is 2. The zero-order valence-electron chi connectivity index (χ0n) is 19.8. The molecule has 2 aromatic carbocycles. The molecular formula is C27H29F3N2O2S. The molecule has 0 aliphatic carbocycles. The van der Waals surface area contributed by atoms with E-state index in [9.17, 15) is 18.0 Å². The van der Waals surface area contributed by atoms with Gasteiger partial charge in [-0.25, -0.2) is 4.98 Å². The van der Waals surface area contributed by atoms with Crippen LogP contribution in [0.4, 0.5) is 13.2 Å². The van der Waals surface area contributed by atoms with E-state index in [0.717, 1.165) is 45.0 Å². The molecule has 1 aromatic heterocycles. The number of allylic oxidation sites excluding steroid dienone is 1. The van der Waals surface area contributed by atoms with Crippen molar-refractivity contribution in [2.24, 2.45) is 5.73 Å². The molecule has 4 nitrogen and oxygen atoms in total. The van der Waals surface area contributed by atoms with E-state index in [1.807, 2.05) is 32.0 Å². The van der Waals surface area contributed by atoms with Gasteiger partial charge in [-0.05, 0) is 65.6 Å². The normalized spacial score (nSPS) is 11.7. The number of hydrogen-bond acceptors (Lipinski definition) is 4. The van der Waals surface area contributed by atoms with Crippen LogP contribution < -0.4 is 5.73 Å². The molecule has 0 unspecified atom stereocenters. The molecule has 8 heteroatoms. The van der Waals surface area contributed by atoms with Crippen LogP contribution in [-0.4, -0.2) is 16.1 Å². The maximum atomic E-state index is 12.9. The van der Waals surface area contributed by atoms with Crippen molar-refractivity contribution in [2.75, 3.05) is 0 Å². The molecule has 186 valence electrons. The highest BCUT2D eigenvalue weighted by molar-refractivity contribution is 7.15. The van der Waals surface area contributed by atoms with Crippen molar-refractivity contribution < 1.29 is 23.1 Å². The maximum absolute atomic E-state index is 12.9. The predicted octanol–water partition coefficient (Wildman–Crippen LogP) is 7.07. The Bertz CT molecular complexity index is 1200. The highest BCUT2D eigenvalue weighted by Crippen LogP contribution is 2.36. The number of nitrogens with two attached hydrogens (primary N) is 1. The lowest BCUT2D eigenvalue weighted by atomic mass is 9.95. The second-order valence-electron chi connectivity index (χ2n) is 8.74. The van der Waals surface area contributed by atoms with Crippen molar-refractivity contribution in [1.29, 1.82) is 0 Å². The van der Waals surface area contributed by atoms with Gasteiger partial charge in [0.05, 0.1) is 11.3 Å². The van der Waals surface area contributed by atoms with Gasteiger partial charge in [0.25, 0.3) is 0 Å². The lowest BCUT2D eigenvalue weighted by Gasteiger charge is -2.12. The van der Waals surface area contributed by atoms with Crippen molar-refractivity contribution >= 4 is 22.9 Å². The van der Waals surface area contributed by atoms with Crippen LogP contribution in [0.1, 0.15) is 65.4 Å². The van der Waals surface area contributed by atoms with E-state index in [1.54, 1.807) is 0 Å². The molecule has 3 N–H and O–H groups in total. The highest BCUT2D eigenvalue weighted by Gasteiger charge is 2.30. The molecule has 0 atom stereocenters. The molecule has 35 heavy (non-hydrogen) atoms. The van der Waals surface area contributed by atoms with Crippen LogP contribution in [0.25, 0.3) is 16.1 Å². The second kappa shape index (κ2) is 11.2. The Morgan fingerprint density at radius 1 is 1.09 bits per heavy atom. The number of nitrogens with zero attached hydrogens (tertiary/aromatic N) is 1. The molecule has 0 fully saturated rings. The Morgan fingerprint density at radius 2 is 1.77 bits per heavy atom. The van der Waals surface area contributed by atoms with Gasteiger partial charge in [-0.2, -0.15) is 13.2 Å². The molecule has 1 heterocycles. The molecule has 0 aliphatic heterocycles. The zero-order valence-corrected chi connectivity index (χ0v) is 20.6. The van der Waals surface area contributed by atoms with Gasteiger partial charge in [0.1, 0.15) is 5.01 Å². The van der Waals surface area contributed by atoms with Crippen LogP contribution in [0.15, 0.2) is 49.0 Å². The highest BCUT2D eigenvalue weighted by atomic mass is 32.1. The third-order valence-corrected chi connectivity index (χ3v) is 7.01. The van der Waals surface area contributed by atoms with Gasteiger partial charge < -0.3 is 10.8 Å². The molecule has 3 aromatic rings. The number of alkyl halides is 3. The van der Waals surface area contributed by atoms with Crippen molar-refractivity contribution in [1.82, 2.24) is 4.98 Å². The van der Waals surface area contributed by atoms with E-state index in [-0.39, 0.29) is 12.3 Å². The van der Waals surface area contributed by atoms with Crippen LogP contribution in [0.3, 0.4) is 0 Å². The molecule has 0 saturated heterocycles. The molecule has 0 aliphatic rings. The van der Waals surface area contributed by atoms with Crippen LogP contribution in [0.2, 0.25) is 0 Å². The van der Waals surface area contributed by atoms with Crippen LogP contribution in [0, 0.1) is 0 Å². The number of halogens is 3. The summed E-state index contributed by atoms with van der Waals surface area (Å²) in [7, 11) is 0. The molecule has 0 amide bonds. The minimum Gasteiger partial charge on any atom is -0.481 e. The van der Waals surface area contributed by atoms with Crippen molar-refractivity contribution in [3.8, 4) is 10.6 Å². The fourth-order valence-corrected chi connectivity index (χ4v) is 5.07. The first-order chi connectivity index (χ1) is 16.5. The van der Waals surface area contributed by atoms with Crippen LogP contribution in [0.5, 0.6) is 0 Å². The summed E-state index contributed by atoms with van der Waals surface area (Å²) in [6.07, 6.45) is -2.48. The molecule has 0 saturated carbocycles. The van der Waals surface area contributed by atoms with E-state index in [0.29, 0.717) is 36.4 Å². The van der Waals surface area contributed by atoms with Gasteiger partial charge >= 0.3 is 12.1 Å². The average Bonchev–Trinajstić information content (AvgIpc) is 3.25. The third-order valence-electron chi connectivity index (χ3n) is 5.83. The Hall–Kier alpha value is -2.97. The van der Waals surface area contributed by atoms with Gasteiger partial charge in [0.2, 0.25) is 0 Å². The number of thiazole rings is 1. The van der Waals surface area contributed by atoms with Crippen molar-refractivity contribution in [2.45, 2.75) is 58.2 Å². The number of aliphatic carboxylic acids is 1. The van der Waals surface area contributed by atoms with E-state index in [4.69, 9.17) is 15.8 Å². The predicted molar refractivity (Wildman–Crippen MR) is 134 cm³/mol. The maximum Gasteiger partial charge on any atom is 0.416 e. The van der Waals surface area contributed by atoms with E-state index in [2.05, 4.69) is 6.58 Å². The fourth-order valence-electron chi connectivity index (χ4n) is 3.85. The van der Waals surface area contributed by atoms with E-state index >= 15 is 0 Å². The first-order valence-electron chi connectivity index (χ1n) is 11.4. The Labute approximate surface area is 207 Å². The lowest BCUT2D eigenvalue weighted by molar-refractivity contribution is -0.138. The SMILES string of the molecule is C=C(CCc1sc(-c2ccc(C(F)(F)F)cc2)nc1C(C)C)c1ccc(CCC(=O)O)c(CN)c1. The first kappa shape index (κ1) is 26.6. The molecule has 0 spiro atoms. The van der Waals surface area contributed by atoms with Gasteiger partial charge in [0.15, 0.2) is 0 Å². The number of aromatic nitrogens is 1. The topological polar surface area (TPSA) is 76.2 Å². The second-order valence-corrected chi connectivity index (χ2v) is 9.83. The Kier molecular flexibility index (Phi) is 8.51. The van der Waals surface area contributed by atoms with Crippen molar-refractivity contribution in [3.05, 3.63) is 81.9 Å². The van der Waals surface area contributed by atoms with Gasteiger partial charge in [-0.3, -0.25) is 4.79 Å². The summed E-state index contributed by atoms with van der Waals surface area (Å²) in [4.78, 5) is 16.7. The number of benzene rings is 2. The van der Waals surface area contributed by atoms with Gasteiger partial charge in [0, 0.05) is 23.4 Å². The van der Waals surface area contributed by atoms with E-state index < -0.39 is 17.7 Å². The summed E-state index contributed by atoms with van der Waals surface area (Å²) >= 11 is 1.50. The molecule has 3 rings (SSSR count). The number of carbonyl (C=O) groups is 1. The summed E-state index contributed by atoms with van der Waals surface area (Å²) in [5.41, 5.74) is 10.6. The summed E-state index contributed by atoms with van der Waals surface area (Å²) < 4.78 is 38.7. The van der Waals surface area contributed by atoms with Crippen LogP contribution in [-0.2, 0) is 30.4 Å². The molecule has 0 radical (unpaired) electrons. The Balaban J connectivity index is 1.76. The minimum atomic E-state index is -4.37. The summed E-state index contributed by atoms with van der Waals surface area (Å²) in [5, 5.41) is 9.65. The Morgan fingerprint density at radius 3 is 2.34 bits per heavy atom. The summed E-state index contributed by atoms with van der Waals surface area (Å²) in [6.45, 7) is 8.65. The van der Waals surface area contributed by atoms with Crippen LogP contribution >= 0.6 is 11.3 Å². The van der Waals surface area contributed by atoms with Gasteiger partial charge in [-0.1, -0.05) is 44.7 Å². The number of rotatable bonds is 10. The van der Waals surface area contributed by atoms with E-state index in [1.165, 1.54) is 23.5 Å². The smallest absolute Gasteiger partial charge is 0.416 e. The zero-order chi connectivity index (χ0) is 25.8. The largest absolute Gasteiger partial charge is 0.481 e. The minimum absolute atomic E-state index is 0.0535. The quantitative estimate of drug-likeness (QED) is 0.311. The summed E-state index contributed by atoms with van der Waals surface area (Å²) in [5.74, 6) is -0.669.